The predicted molar refractivity (Wildman–Crippen MR) is 128 cm³/mol. The molecule has 12 heteroatoms. The SMILES string of the molecule is COc1cccc(F)c1-c1nccc(C(=O)Nc2cc(F)c(C=O)cc2N2C[C@@H]3C[C@H]2CN3C(=O)O)n1. The maximum atomic E-state index is 14.6. The lowest BCUT2D eigenvalue weighted by atomic mass is 10.1. The van der Waals surface area contributed by atoms with E-state index in [9.17, 15) is 28.3 Å². The monoisotopic (exact) mass is 509 g/mol. The number of likely N-dealkylation sites (tertiary alicyclic amines) is 1. The highest BCUT2D eigenvalue weighted by Crippen LogP contribution is 2.39. The Kier molecular flexibility index (Phi) is 6.15. The summed E-state index contributed by atoms with van der Waals surface area (Å²) in [6.07, 6.45) is 1.23. The zero-order valence-corrected chi connectivity index (χ0v) is 19.5. The number of aldehydes is 1. The first-order chi connectivity index (χ1) is 17.8. The molecule has 2 amide bonds. The highest BCUT2D eigenvalue weighted by molar-refractivity contribution is 6.05. The van der Waals surface area contributed by atoms with Crippen molar-refractivity contribution in [3.63, 3.8) is 0 Å². The van der Waals surface area contributed by atoms with Crippen LogP contribution < -0.4 is 15.0 Å². The second kappa shape index (κ2) is 9.45. The van der Waals surface area contributed by atoms with Crippen molar-refractivity contribution in [1.29, 1.82) is 0 Å². The Labute approximate surface area is 209 Å². The number of carbonyl (C=O) groups excluding carboxylic acids is 2. The first kappa shape index (κ1) is 24.1. The molecule has 2 bridgehead atoms. The van der Waals surface area contributed by atoms with E-state index in [1.54, 1.807) is 0 Å². The van der Waals surface area contributed by atoms with E-state index in [2.05, 4.69) is 15.3 Å². The topological polar surface area (TPSA) is 125 Å². The maximum absolute atomic E-state index is 14.6. The van der Waals surface area contributed by atoms with Crippen LogP contribution in [0.2, 0.25) is 0 Å². The summed E-state index contributed by atoms with van der Waals surface area (Å²) in [5, 5.41) is 12.0. The highest BCUT2D eigenvalue weighted by Gasteiger charge is 2.46. The van der Waals surface area contributed by atoms with Gasteiger partial charge in [0.25, 0.3) is 5.91 Å². The Hall–Kier alpha value is -4.61. The van der Waals surface area contributed by atoms with Crippen molar-refractivity contribution in [3.05, 3.63) is 65.5 Å². The molecular formula is C25H21F2N5O5. The molecule has 3 heterocycles. The highest BCUT2D eigenvalue weighted by atomic mass is 19.1. The Morgan fingerprint density at radius 1 is 1.16 bits per heavy atom. The number of piperazine rings is 1. The van der Waals surface area contributed by atoms with E-state index < -0.39 is 23.6 Å². The number of carbonyl (C=O) groups is 3. The summed E-state index contributed by atoms with van der Waals surface area (Å²) < 4.78 is 34.3. The van der Waals surface area contributed by atoms with Crippen molar-refractivity contribution in [1.82, 2.24) is 14.9 Å². The number of amides is 2. The third-order valence-electron chi connectivity index (χ3n) is 6.59. The third kappa shape index (κ3) is 4.30. The van der Waals surface area contributed by atoms with Crippen molar-refractivity contribution in [2.75, 3.05) is 30.4 Å². The first-order valence-corrected chi connectivity index (χ1v) is 11.3. The minimum Gasteiger partial charge on any atom is -0.496 e. The number of nitrogens with zero attached hydrogens (tertiary/aromatic N) is 4. The van der Waals surface area contributed by atoms with Crippen molar-refractivity contribution >= 4 is 29.7 Å². The Balaban J connectivity index is 1.46. The van der Waals surface area contributed by atoms with Gasteiger partial charge in [-0.1, -0.05) is 6.07 Å². The molecule has 0 aliphatic carbocycles. The average Bonchev–Trinajstić information content (AvgIpc) is 3.50. The van der Waals surface area contributed by atoms with Crippen molar-refractivity contribution < 1.29 is 33.0 Å². The summed E-state index contributed by atoms with van der Waals surface area (Å²) >= 11 is 0. The maximum Gasteiger partial charge on any atom is 0.407 e. The number of methoxy groups -OCH3 is 1. The number of carboxylic acid groups (broad SMARTS) is 1. The molecule has 190 valence electrons. The molecule has 0 unspecified atom stereocenters. The van der Waals surface area contributed by atoms with Crippen LogP contribution in [0.5, 0.6) is 5.75 Å². The third-order valence-corrected chi connectivity index (χ3v) is 6.59. The Morgan fingerprint density at radius 3 is 2.65 bits per heavy atom. The van der Waals surface area contributed by atoms with Crippen LogP contribution in [0.25, 0.3) is 11.4 Å². The molecule has 37 heavy (non-hydrogen) atoms. The summed E-state index contributed by atoms with van der Waals surface area (Å²) in [7, 11) is 1.37. The van der Waals surface area contributed by atoms with Crippen LogP contribution in [-0.2, 0) is 0 Å². The lowest BCUT2D eigenvalue weighted by molar-refractivity contribution is 0.102. The number of halogens is 2. The second-order valence-electron chi connectivity index (χ2n) is 8.68. The van der Waals surface area contributed by atoms with Gasteiger partial charge in [0, 0.05) is 31.4 Å². The van der Waals surface area contributed by atoms with Gasteiger partial charge in [-0.2, -0.15) is 0 Å². The predicted octanol–water partition coefficient (Wildman–Crippen LogP) is 3.44. The second-order valence-corrected chi connectivity index (χ2v) is 8.68. The number of hydrogen-bond donors (Lipinski definition) is 2. The van der Waals surface area contributed by atoms with E-state index in [4.69, 9.17) is 4.74 Å². The molecule has 2 saturated heterocycles. The molecular weight excluding hydrogens is 488 g/mol. The summed E-state index contributed by atoms with van der Waals surface area (Å²) in [6.45, 7) is 0.579. The number of aromatic nitrogens is 2. The van der Waals surface area contributed by atoms with Crippen LogP contribution in [0.3, 0.4) is 0 Å². The summed E-state index contributed by atoms with van der Waals surface area (Å²) in [5.41, 5.74) is 0.159. The van der Waals surface area contributed by atoms with E-state index in [0.29, 0.717) is 24.9 Å². The molecule has 2 atom stereocenters. The largest absolute Gasteiger partial charge is 0.496 e. The molecule has 3 aromatic rings. The zero-order chi connectivity index (χ0) is 26.3. The molecule has 1 aromatic heterocycles. The number of rotatable bonds is 6. The number of nitrogens with one attached hydrogen (secondary N) is 1. The van der Waals surface area contributed by atoms with Crippen molar-refractivity contribution in [3.8, 4) is 17.1 Å². The zero-order valence-electron chi connectivity index (χ0n) is 19.5. The van der Waals surface area contributed by atoms with E-state index >= 15 is 0 Å². The van der Waals surface area contributed by atoms with Crippen LogP contribution in [0.15, 0.2) is 42.6 Å². The van der Waals surface area contributed by atoms with Gasteiger partial charge in [-0.15, -0.1) is 0 Å². The molecule has 0 spiro atoms. The van der Waals surface area contributed by atoms with Crippen LogP contribution >= 0.6 is 0 Å². The minimum atomic E-state index is -1.01. The minimum absolute atomic E-state index is 0.0159. The number of fused-ring (bicyclic) bond motifs is 2. The van der Waals surface area contributed by atoms with Gasteiger partial charge in [-0.3, -0.25) is 9.59 Å². The first-order valence-electron chi connectivity index (χ1n) is 11.3. The molecule has 2 N–H and O–H groups in total. The smallest absolute Gasteiger partial charge is 0.407 e. The van der Waals surface area contributed by atoms with Crippen molar-refractivity contribution in [2.24, 2.45) is 0 Å². The van der Waals surface area contributed by atoms with Gasteiger partial charge in [0.05, 0.1) is 35.7 Å². The van der Waals surface area contributed by atoms with E-state index in [-0.39, 0.29) is 52.7 Å². The molecule has 2 aromatic carbocycles. The van der Waals surface area contributed by atoms with Crippen LogP contribution in [0.1, 0.15) is 27.3 Å². The number of ether oxygens (including phenoxy) is 1. The van der Waals surface area contributed by atoms with E-state index in [1.807, 2.05) is 4.90 Å². The summed E-state index contributed by atoms with van der Waals surface area (Å²) in [6, 6.07) is 7.47. The van der Waals surface area contributed by atoms with Crippen LogP contribution in [-0.4, -0.2) is 70.5 Å². The van der Waals surface area contributed by atoms with E-state index in [1.165, 1.54) is 48.5 Å². The fraction of sp³-hybridized carbons (Fsp3) is 0.240. The molecule has 2 aliphatic heterocycles. The Morgan fingerprint density at radius 2 is 1.97 bits per heavy atom. The van der Waals surface area contributed by atoms with Gasteiger partial charge in [-0.05, 0) is 30.7 Å². The Bertz CT molecular complexity index is 1420. The summed E-state index contributed by atoms with van der Waals surface area (Å²) in [5.74, 6) is -2.06. The molecule has 0 saturated carbocycles. The molecule has 10 nitrogen and oxygen atoms in total. The quantitative estimate of drug-likeness (QED) is 0.485. The lowest BCUT2D eigenvalue weighted by Crippen LogP contribution is -2.48. The number of benzene rings is 2. The van der Waals surface area contributed by atoms with Crippen LogP contribution in [0, 0.1) is 11.6 Å². The number of anilines is 2. The molecule has 2 fully saturated rings. The number of hydrogen-bond acceptors (Lipinski definition) is 7. The van der Waals surface area contributed by atoms with Crippen molar-refractivity contribution in [2.45, 2.75) is 18.5 Å². The van der Waals surface area contributed by atoms with E-state index in [0.717, 1.165) is 6.07 Å². The normalized spacial score (nSPS) is 18.1. The summed E-state index contributed by atoms with van der Waals surface area (Å²) in [4.78, 5) is 47.5. The van der Waals surface area contributed by atoms with Gasteiger partial charge in [-0.25, -0.2) is 23.5 Å². The van der Waals surface area contributed by atoms with Crippen LogP contribution in [0.4, 0.5) is 25.0 Å². The van der Waals surface area contributed by atoms with Gasteiger partial charge in [0.2, 0.25) is 0 Å². The molecule has 2 aliphatic rings. The molecule has 5 rings (SSSR count). The molecule has 0 radical (unpaired) electrons. The van der Waals surface area contributed by atoms with Gasteiger partial charge < -0.3 is 25.0 Å². The van der Waals surface area contributed by atoms with Gasteiger partial charge in [0.1, 0.15) is 23.1 Å². The van der Waals surface area contributed by atoms with Gasteiger partial charge in [0.15, 0.2) is 12.1 Å². The fourth-order valence-corrected chi connectivity index (χ4v) is 4.89. The standard InChI is InChI=1S/C25H21F2N5O5/c1-37-21-4-2-3-16(26)22(21)23-28-6-5-18(29-23)24(34)30-19-9-17(27)13(12-33)7-20(19)31-10-15-8-14(31)11-32(15)25(35)36/h2-7,9,12,14-15H,8,10-11H2,1H3,(H,30,34)(H,35,36)/t14-,15-/m0/s1. The average molecular weight is 509 g/mol. The fourth-order valence-electron chi connectivity index (χ4n) is 4.89. The van der Waals surface area contributed by atoms with Gasteiger partial charge >= 0.3 is 6.09 Å². The lowest BCUT2D eigenvalue weighted by Gasteiger charge is -2.35.